The van der Waals surface area contributed by atoms with Gasteiger partial charge in [0.2, 0.25) is 0 Å². The zero-order chi connectivity index (χ0) is 20.1. The van der Waals surface area contributed by atoms with Crippen molar-refractivity contribution in [3.8, 4) is 0 Å². The van der Waals surface area contributed by atoms with E-state index in [-0.39, 0.29) is 12.5 Å². The number of likely N-dealkylation sites (tertiary alicyclic amines) is 1. The van der Waals surface area contributed by atoms with Crippen LogP contribution in [0.2, 0.25) is 0 Å². The van der Waals surface area contributed by atoms with Gasteiger partial charge in [0, 0.05) is 18.7 Å². The summed E-state index contributed by atoms with van der Waals surface area (Å²) in [5, 5.41) is 19.0. The number of benzene rings is 2. The van der Waals surface area contributed by atoms with Crippen LogP contribution in [0, 0.1) is 5.92 Å². The molecule has 1 heterocycles. The third-order valence-corrected chi connectivity index (χ3v) is 5.53. The van der Waals surface area contributed by atoms with Crippen molar-refractivity contribution < 1.29 is 15.0 Å². The summed E-state index contributed by atoms with van der Waals surface area (Å²) in [7, 11) is 0. The molecule has 0 radical (unpaired) electrons. The zero-order valence-corrected chi connectivity index (χ0v) is 16.9. The Bertz CT molecular complexity index is 775. The van der Waals surface area contributed by atoms with Crippen molar-refractivity contribution in [1.82, 2.24) is 4.90 Å². The number of rotatable bonds is 7. The Morgan fingerprint density at radius 1 is 1.04 bits per heavy atom. The highest BCUT2D eigenvalue weighted by molar-refractivity contribution is 5.94. The average Bonchev–Trinajstić information content (AvgIpc) is 3.15. The summed E-state index contributed by atoms with van der Waals surface area (Å²) < 4.78 is 0. The molecule has 3 rings (SSSR count). The summed E-state index contributed by atoms with van der Waals surface area (Å²) in [5.74, 6) is 0.585. The lowest BCUT2D eigenvalue weighted by molar-refractivity contribution is 0.0713. The van der Waals surface area contributed by atoms with Gasteiger partial charge < -0.3 is 15.1 Å². The summed E-state index contributed by atoms with van der Waals surface area (Å²) >= 11 is 0. The normalized spacial score (nSPS) is 17.1. The number of carbonyl (C=O) groups is 1. The Balaban J connectivity index is 1.53. The fourth-order valence-corrected chi connectivity index (χ4v) is 3.74. The smallest absolute Gasteiger partial charge is 0.253 e. The quantitative estimate of drug-likeness (QED) is 0.771. The zero-order valence-electron chi connectivity index (χ0n) is 16.9. The van der Waals surface area contributed by atoms with E-state index in [2.05, 4.69) is 12.1 Å². The fourth-order valence-electron chi connectivity index (χ4n) is 3.74. The summed E-state index contributed by atoms with van der Waals surface area (Å²) in [6.45, 7) is 5.30. The Morgan fingerprint density at radius 3 is 2.25 bits per heavy atom. The molecule has 1 aliphatic heterocycles. The molecule has 0 bridgehead atoms. The van der Waals surface area contributed by atoms with Crippen LogP contribution in [-0.2, 0) is 19.4 Å². The number of nitrogens with zero attached hydrogens (tertiary/aromatic N) is 1. The molecule has 4 heteroatoms. The van der Waals surface area contributed by atoms with Gasteiger partial charge in [-0.2, -0.15) is 0 Å². The maximum absolute atomic E-state index is 12.8. The Hall–Kier alpha value is -2.17. The molecular formula is C24H31NO3. The highest BCUT2D eigenvalue weighted by atomic mass is 16.3. The van der Waals surface area contributed by atoms with Crippen LogP contribution in [-0.4, -0.2) is 39.7 Å². The van der Waals surface area contributed by atoms with E-state index in [1.165, 1.54) is 5.56 Å². The fraction of sp³-hybridized carbons (Fsp3) is 0.458. The van der Waals surface area contributed by atoms with Gasteiger partial charge >= 0.3 is 0 Å². The van der Waals surface area contributed by atoms with E-state index in [4.69, 9.17) is 5.11 Å². The molecule has 2 aromatic carbocycles. The second-order valence-electron chi connectivity index (χ2n) is 8.59. The predicted molar refractivity (Wildman–Crippen MR) is 111 cm³/mol. The van der Waals surface area contributed by atoms with Gasteiger partial charge in [-0.05, 0) is 74.3 Å². The topological polar surface area (TPSA) is 60.8 Å². The van der Waals surface area contributed by atoms with Gasteiger partial charge in [0.15, 0.2) is 0 Å². The minimum Gasteiger partial charge on any atom is -0.392 e. The van der Waals surface area contributed by atoms with E-state index >= 15 is 0 Å². The Morgan fingerprint density at radius 2 is 1.64 bits per heavy atom. The average molecular weight is 382 g/mol. The molecule has 1 atom stereocenters. The third kappa shape index (κ3) is 5.66. The third-order valence-electron chi connectivity index (χ3n) is 5.53. The van der Waals surface area contributed by atoms with Crippen LogP contribution in [0.1, 0.15) is 53.7 Å². The molecule has 0 spiro atoms. The van der Waals surface area contributed by atoms with Crippen molar-refractivity contribution in [2.45, 2.75) is 51.7 Å². The van der Waals surface area contributed by atoms with E-state index in [9.17, 15) is 9.90 Å². The first-order chi connectivity index (χ1) is 13.3. The van der Waals surface area contributed by atoms with Gasteiger partial charge in [0.25, 0.3) is 5.91 Å². The van der Waals surface area contributed by atoms with Gasteiger partial charge in [0.1, 0.15) is 0 Å². The Kier molecular flexibility index (Phi) is 6.53. The van der Waals surface area contributed by atoms with Crippen molar-refractivity contribution >= 4 is 5.91 Å². The van der Waals surface area contributed by atoms with Crippen molar-refractivity contribution in [3.63, 3.8) is 0 Å². The number of hydrogen-bond donors (Lipinski definition) is 2. The largest absolute Gasteiger partial charge is 0.392 e. The molecule has 1 unspecified atom stereocenters. The van der Waals surface area contributed by atoms with Gasteiger partial charge in [-0.15, -0.1) is 0 Å². The van der Waals surface area contributed by atoms with Gasteiger partial charge in [-0.25, -0.2) is 0 Å². The van der Waals surface area contributed by atoms with Crippen molar-refractivity contribution in [3.05, 3.63) is 70.8 Å². The molecule has 1 aliphatic rings. The molecule has 1 saturated heterocycles. The number of aryl methyl sites for hydroxylation is 1. The standard InChI is InChI=1S/C24H31NO3/c1-24(2,28)13-11-18-7-9-22(10-8-18)23(27)25-14-12-21(16-25)15-19-3-5-20(17-26)6-4-19/h3-10,21,26,28H,11-17H2,1-2H3. The van der Waals surface area contributed by atoms with E-state index in [1.54, 1.807) is 0 Å². The van der Waals surface area contributed by atoms with Gasteiger partial charge in [-0.3, -0.25) is 4.79 Å². The maximum Gasteiger partial charge on any atom is 0.253 e. The van der Waals surface area contributed by atoms with Crippen LogP contribution in [0.15, 0.2) is 48.5 Å². The molecule has 0 saturated carbocycles. The van der Waals surface area contributed by atoms with Crippen LogP contribution in [0.5, 0.6) is 0 Å². The molecule has 2 N–H and O–H groups in total. The van der Waals surface area contributed by atoms with E-state index in [1.807, 2.05) is 55.1 Å². The number of carbonyl (C=O) groups excluding carboxylic acids is 1. The second-order valence-corrected chi connectivity index (χ2v) is 8.59. The monoisotopic (exact) mass is 381 g/mol. The predicted octanol–water partition coefficient (Wildman–Crippen LogP) is 3.59. The molecule has 1 amide bonds. The van der Waals surface area contributed by atoms with Gasteiger partial charge in [-0.1, -0.05) is 36.4 Å². The summed E-state index contributed by atoms with van der Waals surface area (Å²) in [5.41, 5.74) is 3.40. The number of amides is 1. The number of aliphatic hydroxyl groups is 2. The minimum absolute atomic E-state index is 0.0720. The van der Waals surface area contributed by atoms with E-state index in [0.717, 1.165) is 49.0 Å². The summed E-state index contributed by atoms with van der Waals surface area (Å²) in [4.78, 5) is 14.8. The van der Waals surface area contributed by atoms with Crippen molar-refractivity contribution in [2.24, 2.45) is 5.92 Å². The molecule has 0 aromatic heterocycles. The first-order valence-corrected chi connectivity index (χ1v) is 10.1. The minimum atomic E-state index is -0.669. The van der Waals surface area contributed by atoms with Crippen LogP contribution < -0.4 is 0 Å². The molecule has 150 valence electrons. The first-order valence-electron chi connectivity index (χ1n) is 10.1. The van der Waals surface area contributed by atoms with E-state index in [0.29, 0.717) is 12.3 Å². The summed E-state index contributed by atoms with van der Waals surface area (Å²) in [6, 6.07) is 15.9. The first kappa shape index (κ1) is 20.6. The van der Waals surface area contributed by atoms with Crippen LogP contribution >= 0.6 is 0 Å². The molecule has 28 heavy (non-hydrogen) atoms. The second kappa shape index (κ2) is 8.89. The van der Waals surface area contributed by atoms with Crippen molar-refractivity contribution in [1.29, 1.82) is 0 Å². The van der Waals surface area contributed by atoms with Crippen LogP contribution in [0.25, 0.3) is 0 Å². The molecule has 2 aromatic rings. The molecule has 1 fully saturated rings. The lowest BCUT2D eigenvalue weighted by Gasteiger charge is -2.18. The number of hydrogen-bond acceptors (Lipinski definition) is 3. The van der Waals surface area contributed by atoms with Gasteiger partial charge in [0.05, 0.1) is 12.2 Å². The Labute approximate surface area is 167 Å². The number of aliphatic hydroxyl groups excluding tert-OH is 1. The summed E-state index contributed by atoms with van der Waals surface area (Å²) in [6.07, 6.45) is 3.49. The SMILES string of the molecule is CC(C)(O)CCc1ccc(C(=O)N2CCC(Cc3ccc(CO)cc3)C2)cc1. The van der Waals surface area contributed by atoms with Crippen LogP contribution in [0.3, 0.4) is 0 Å². The van der Waals surface area contributed by atoms with E-state index < -0.39 is 5.60 Å². The maximum atomic E-state index is 12.8. The van der Waals surface area contributed by atoms with Crippen LogP contribution in [0.4, 0.5) is 0 Å². The molecule has 0 aliphatic carbocycles. The highest BCUT2D eigenvalue weighted by Crippen LogP contribution is 2.23. The lowest BCUT2D eigenvalue weighted by Crippen LogP contribution is -2.29. The molecule has 4 nitrogen and oxygen atoms in total. The van der Waals surface area contributed by atoms with Crippen molar-refractivity contribution in [2.75, 3.05) is 13.1 Å². The lowest BCUT2D eigenvalue weighted by atomic mass is 9.98. The highest BCUT2D eigenvalue weighted by Gasteiger charge is 2.27. The molecular weight excluding hydrogens is 350 g/mol.